The molecule has 0 spiro atoms. The van der Waals surface area contributed by atoms with Crippen LogP contribution in [-0.2, 0) is 0 Å². The summed E-state index contributed by atoms with van der Waals surface area (Å²) in [5.74, 6) is 1.88. The van der Waals surface area contributed by atoms with E-state index in [1.54, 1.807) is 33.3 Å². The van der Waals surface area contributed by atoms with Crippen molar-refractivity contribution in [3.05, 3.63) is 24.1 Å². The fourth-order valence-corrected chi connectivity index (χ4v) is 1.72. The van der Waals surface area contributed by atoms with Crippen LogP contribution >= 0.6 is 0 Å². The van der Waals surface area contributed by atoms with E-state index in [0.717, 1.165) is 5.56 Å². The molecule has 0 radical (unpaired) electrons. The molecule has 20 heavy (non-hydrogen) atoms. The zero-order valence-corrected chi connectivity index (χ0v) is 12.0. The Hall–Kier alpha value is -2.08. The number of aromatic nitrogens is 2. The lowest BCUT2D eigenvalue weighted by molar-refractivity contribution is 0.151. The minimum Gasteiger partial charge on any atom is -0.493 e. The first-order chi connectivity index (χ1) is 9.56. The molecule has 0 bridgehead atoms. The van der Waals surface area contributed by atoms with E-state index in [-0.39, 0.29) is 5.92 Å². The highest BCUT2D eigenvalue weighted by Gasteiger charge is 2.20. The average Bonchev–Trinajstić information content (AvgIpc) is 2.95. The fraction of sp³-hybridized carbons (Fsp3) is 0.429. The summed E-state index contributed by atoms with van der Waals surface area (Å²) in [6, 6.07) is 5.38. The quantitative estimate of drug-likeness (QED) is 0.903. The van der Waals surface area contributed by atoms with Crippen LogP contribution in [0.15, 0.2) is 22.7 Å². The van der Waals surface area contributed by atoms with Gasteiger partial charge in [-0.2, -0.15) is 4.98 Å². The summed E-state index contributed by atoms with van der Waals surface area (Å²) in [6.45, 7) is 3.52. The van der Waals surface area contributed by atoms with Gasteiger partial charge in [-0.3, -0.25) is 0 Å². The molecule has 0 aliphatic rings. The number of aliphatic hydroxyl groups is 1. The molecule has 2 aromatic rings. The van der Waals surface area contributed by atoms with Crippen molar-refractivity contribution < 1.29 is 19.1 Å². The van der Waals surface area contributed by atoms with E-state index in [0.29, 0.717) is 23.2 Å². The van der Waals surface area contributed by atoms with E-state index in [9.17, 15) is 5.11 Å². The van der Waals surface area contributed by atoms with Gasteiger partial charge in [-0.25, -0.2) is 0 Å². The number of methoxy groups -OCH3 is 2. The molecule has 0 saturated heterocycles. The SMILES string of the molecule is COc1ccc(-c2noc(C(C)C(C)O)n2)cc1OC. The molecule has 0 aliphatic carbocycles. The maximum absolute atomic E-state index is 9.54. The molecule has 0 amide bonds. The van der Waals surface area contributed by atoms with Gasteiger partial charge in [0.2, 0.25) is 11.7 Å². The first kappa shape index (κ1) is 14.3. The summed E-state index contributed by atoms with van der Waals surface area (Å²) in [4.78, 5) is 4.30. The number of hydrogen-bond donors (Lipinski definition) is 1. The van der Waals surface area contributed by atoms with Crippen LogP contribution in [0, 0.1) is 0 Å². The zero-order chi connectivity index (χ0) is 14.7. The molecule has 6 nitrogen and oxygen atoms in total. The van der Waals surface area contributed by atoms with Gasteiger partial charge >= 0.3 is 0 Å². The summed E-state index contributed by atoms with van der Waals surface area (Å²) < 4.78 is 15.6. The maximum Gasteiger partial charge on any atom is 0.232 e. The van der Waals surface area contributed by atoms with Crippen molar-refractivity contribution in [2.45, 2.75) is 25.9 Å². The third-order valence-electron chi connectivity index (χ3n) is 3.20. The Morgan fingerprint density at radius 3 is 2.45 bits per heavy atom. The van der Waals surface area contributed by atoms with Crippen molar-refractivity contribution in [3.63, 3.8) is 0 Å². The number of ether oxygens (including phenoxy) is 2. The second-order valence-electron chi connectivity index (χ2n) is 4.56. The van der Waals surface area contributed by atoms with Gasteiger partial charge in [-0.05, 0) is 25.1 Å². The van der Waals surface area contributed by atoms with Gasteiger partial charge in [0.15, 0.2) is 11.5 Å². The first-order valence-electron chi connectivity index (χ1n) is 6.31. The monoisotopic (exact) mass is 278 g/mol. The van der Waals surface area contributed by atoms with Gasteiger partial charge < -0.3 is 19.1 Å². The van der Waals surface area contributed by atoms with Crippen LogP contribution < -0.4 is 9.47 Å². The minimum absolute atomic E-state index is 0.212. The first-order valence-corrected chi connectivity index (χ1v) is 6.31. The third kappa shape index (κ3) is 2.75. The van der Waals surface area contributed by atoms with Crippen molar-refractivity contribution in [2.75, 3.05) is 14.2 Å². The topological polar surface area (TPSA) is 77.6 Å². The van der Waals surface area contributed by atoms with Crippen LogP contribution in [0.4, 0.5) is 0 Å². The molecule has 1 aromatic heterocycles. The highest BCUT2D eigenvalue weighted by atomic mass is 16.5. The zero-order valence-electron chi connectivity index (χ0n) is 12.0. The van der Waals surface area contributed by atoms with Crippen molar-refractivity contribution >= 4 is 0 Å². The van der Waals surface area contributed by atoms with Gasteiger partial charge in [0, 0.05) is 5.56 Å². The molecule has 0 fully saturated rings. The Balaban J connectivity index is 2.33. The smallest absolute Gasteiger partial charge is 0.232 e. The van der Waals surface area contributed by atoms with Crippen LogP contribution in [0.2, 0.25) is 0 Å². The van der Waals surface area contributed by atoms with Crippen LogP contribution in [0.3, 0.4) is 0 Å². The standard InChI is InChI=1S/C14H18N2O4/c1-8(9(2)17)14-15-13(16-20-14)10-5-6-11(18-3)12(7-10)19-4/h5-9,17H,1-4H3. The van der Waals surface area contributed by atoms with E-state index >= 15 is 0 Å². The largest absolute Gasteiger partial charge is 0.493 e. The molecule has 0 aliphatic heterocycles. The molecule has 1 N–H and O–H groups in total. The molecule has 2 unspecified atom stereocenters. The van der Waals surface area contributed by atoms with E-state index in [1.807, 2.05) is 13.0 Å². The normalized spacial score (nSPS) is 13.8. The van der Waals surface area contributed by atoms with Gasteiger partial charge in [0.05, 0.1) is 26.2 Å². The Morgan fingerprint density at radius 1 is 1.15 bits per heavy atom. The molecule has 0 saturated carbocycles. The second-order valence-corrected chi connectivity index (χ2v) is 4.56. The lowest BCUT2D eigenvalue weighted by Crippen LogP contribution is -2.11. The predicted octanol–water partition coefficient (Wildman–Crippen LogP) is 2.24. The van der Waals surface area contributed by atoms with E-state index < -0.39 is 6.10 Å². The molecule has 1 heterocycles. The lowest BCUT2D eigenvalue weighted by atomic mass is 10.1. The van der Waals surface area contributed by atoms with Crippen LogP contribution in [-0.4, -0.2) is 35.6 Å². The number of rotatable bonds is 5. The van der Waals surface area contributed by atoms with E-state index in [2.05, 4.69) is 10.1 Å². The van der Waals surface area contributed by atoms with Crippen LogP contribution in [0.1, 0.15) is 25.7 Å². The summed E-state index contributed by atoms with van der Waals surface area (Å²) in [5, 5.41) is 13.5. The number of hydrogen-bond acceptors (Lipinski definition) is 6. The van der Waals surface area contributed by atoms with Gasteiger partial charge in [-0.15, -0.1) is 0 Å². The van der Waals surface area contributed by atoms with E-state index in [4.69, 9.17) is 14.0 Å². The van der Waals surface area contributed by atoms with Crippen LogP contribution in [0.25, 0.3) is 11.4 Å². The number of nitrogens with zero attached hydrogens (tertiary/aromatic N) is 2. The highest BCUT2D eigenvalue weighted by molar-refractivity contribution is 5.60. The minimum atomic E-state index is -0.547. The molecule has 2 atom stereocenters. The third-order valence-corrected chi connectivity index (χ3v) is 3.20. The predicted molar refractivity (Wildman–Crippen MR) is 72.9 cm³/mol. The summed E-state index contributed by atoms with van der Waals surface area (Å²) in [6.07, 6.45) is -0.547. The van der Waals surface area contributed by atoms with E-state index in [1.165, 1.54) is 0 Å². The summed E-state index contributed by atoms with van der Waals surface area (Å²) >= 11 is 0. The Bertz CT molecular complexity index is 580. The maximum atomic E-state index is 9.54. The Kier molecular flexibility index (Phi) is 4.24. The number of benzene rings is 1. The molecule has 2 rings (SSSR count). The van der Waals surface area contributed by atoms with Gasteiger partial charge in [-0.1, -0.05) is 12.1 Å². The summed E-state index contributed by atoms with van der Waals surface area (Å²) in [5.41, 5.74) is 0.760. The van der Waals surface area contributed by atoms with Crippen molar-refractivity contribution in [3.8, 4) is 22.9 Å². The second kappa shape index (κ2) is 5.92. The molecule has 108 valence electrons. The van der Waals surface area contributed by atoms with Crippen molar-refractivity contribution in [1.82, 2.24) is 10.1 Å². The molecular weight excluding hydrogens is 260 g/mol. The van der Waals surface area contributed by atoms with Crippen molar-refractivity contribution in [2.24, 2.45) is 0 Å². The van der Waals surface area contributed by atoms with Crippen LogP contribution in [0.5, 0.6) is 11.5 Å². The molecule has 1 aromatic carbocycles. The summed E-state index contributed by atoms with van der Waals surface area (Å²) in [7, 11) is 3.15. The molecule has 6 heteroatoms. The van der Waals surface area contributed by atoms with Crippen molar-refractivity contribution in [1.29, 1.82) is 0 Å². The van der Waals surface area contributed by atoms with Gasteiger partial charge in [0.1, 0.15) is 0 Å². The lowest BCUT2D eigenvalue weighted by Gasteiger charge is -2.08. The fourth-order valence-electron chi connectivity index (χ4n) is 1.72. The molecular formula is C14H18N2O4. The Labute approximate surface area is 117 Å². The van der Waals surface area contributed by atoms with Gasteiger partial charge in [0.25, 0.3) is 0 Å². The number of aliphatic hydroxyl groups excluding tert-OH is 1. The Morgan fingerprint density at radius 2 is 1.85 bits per heavy atom. The average molecular weight is 278 g/mol. The highest BCUT2D eigenvalue weighted by Crippen LogP contribution is 2.31.